The molecule has 2 N–H and O–H groups in total. The smallest absolute Gasteiger partial charge is 0.0489 e. The van der Waals surface area contributed by atoms with Crippen LogP contribution in [0.4, 0.5) is 0 Å². The van der Waals surface area contributed by atoms with Gasteiger partial charge in [-0.2, -0.15) is 0 Å². The van der Waals surface area contributed by atoms with Gasteiger partial charge in [-0.1, -0.05) is 12.1 Å². The summed E-state index contributed by atoms with van der Waals surface area (Å²) in [6.45, 7) is 6.00. The molecule has 0 unspecified atom stereocenters. The van der Waals surface area contributed by atoms with Gasteiger partial charge in [-0.3, -0.25) is 0 Å². The van der Waals surface area contributed by atoms with E-state index in [1.807, 2.05) is 0 Å². The van der Waals surface area contributed by atoms with Gasteiger partial charge in [0, 0.05) is 36.2 Å². The van der Waals surface area contributed by atoms with Crippen molar-refractivity contribution in [1.82, 2.24) is 9.47 Å². The molecule has 2 aromatic rings. The highest BCUT2D eigenvalue weighted by atomic mass is 15.1. The number of nitrogens with zero attached hydrogens (tertiary/aromatic N) is 2. The van der Waals surface area contributed by atoms with Gasteiger partial charge in [-0.15, -0.1) is 0 Å². The number of benzene rings is 1. The number of nitrogens with two attached hydrogens (primary N) is 1. The van der Waals surface area contributed by atoms with Crippen LogP contribution in [-0.2, 0) is 13.1 Å². The zero-order valence-corrected chi connectivity index (χ0v) is 11.8. The Hall–Kier alpha value is -1.32. The molecule has 0 aliphatic rings. The van der Waals surface area contributed by atoms with E-state index >= 15 is 0 Å². The summed E-state index contributed by atoms with van der Waals surface area (Å²) in [7, 11) is 4.21. The van der Waals surface area contributed by atoms with Crippen LogP contribution in [0.2, 0.25) is 0 Å². The lowest BCUT2D eigenvalue weighted by Crippen LogP contribution is -2.10. The minimum atomic E-state index is 0.469. The molecular formula is C15H23N3. The number of hydrogen-bond acceptors (Lipinski definition) is 2. The van der Waals surface area contributed by atoms with Gasteiger partial charge in [-0.25, -0.2) is 0 Å². The molecule has 0 fully saturated rings. The molecule has 1 heterocycles. The first-order valence-corrected chi connectivity index (χ1v) is 6.50. The van der Waals surface area contributed by atoms with E-state index in [4.69, 9.17) is 5.73 Å². The zero-order chi connectivity index (χ0) is 13.3. The standard InChI is InChI=1S/C15H23N3/c1-11(2)18-10-13(9-17(3)4)14-6-5-12(8-16)7-15(14)18/h5-7,10-11H,8-9,16H2,1-4H3. The normalized spacial score (nSPS) is 11.9. The van der Waals surface area contributed by atoms with Crippen molar-refractivity contribution in [3.63, 3.8) is 0 Å². The topological polar surface area (TPSA) is 34.2 Å². The number of aromatic nitrogens is 1. The van der Waals surface area contributed by atoms with Gasteiger partial charge >= 0.3 is 0 Å². The highest BCUT2D eigenvalue weighted by Gasteiger charge is 2.11. The van der Waals surface area contributed by atoms with Crippen molar-refractivity contribution in [3.05, 3.63) is 35.5 Å². The van der Waals surface area contributed by atoms with Crippen LogP contribution in [0.1, 0.15) is 31.0 Å². The maximum atomic E-state index is 5.74. The largest absolute Gasteiger partial charge is 0.345 e. The number of fused-ring (bicyclic) bond motifs is 1. The molecule has 3 nitrogen and oxygen atoms in total. The average molecular weight is 245 g/mol. The van der Waals surface area contributed by atoms with Crippen molar-refractivity contribution in [2.75, 3.05) is 14.1 Å². The molecule has 0 atom stereocenters. The molecule has 1 aromatic heterocycles. The van der Waals surface area contributed by atoms with Crippen LogP contribution in [-0.4, -0.2) is 23.6 Å². The second-order valence-electron chi connectivity index (χ2n) is 5.45. The van der Waals surface area contributed by atoms with Gasteiger partial charge < -0.3 is 15.2 Å². The third-order valence-electron chi connectivity index (χ3n) is 3.26. The Kier molecular flexibility index (Phi) is 3.73. The molecule has 3 heteroatoms. The summed E-state index contributed by atoms with van der Waals surface area (Å²) >= 11 is 0. The van der Waals surface area contributed by atoms with Crippen LogP contribution >= 0.6 is 0 Å². The van der Waals surface area contributed by atoms with Gasteiger partial charge in [0.05, 0.1) is 0 Å². The molecule has 0 aliphatic carbocycles. The van der Waals surface area contributed by atoms with E-state index in [2.05, 4.69) is 61.8 Å². The van der Waals surface area contributed by atoms with Crippen LogP contribution in [0.15, 0.2) is 24.4 Å². The summed E-state index contributed by atoms with van der Waals surface area (Å²) in [5, 5.41) is 1.34. The summed E-state index contributed by atoms with van der Waals surface area (Å²) < 4.78 is 2.34. The quantitative estimate of drug-likeness (QED) is 0.898. The van der Waals surface area contributed by atoms with Gasteiger partial charge in [0.15, 0.2) is 0 Å². The highest BCUT2D eigenvalue weighted by molar-refractivity contribution is 5.84. The monoisotopic (exact) mass is 245 g/mol. The van der Waals surface area contributed by atoms with Gasteiger partial charge in [0.25, 0.3) is 0 Å². The Bertz CT molecular complexity index is 538. The molecule has 2 rings (SSSR count). The maximum Gasteiger partial charge on any atom is 0.0489 e. The van der Waals surface area contributed by atoms with Crippen molar-refractivity contribution in [3.8, 4) is 0 Å². The molecule has 0 radical (unpaired) electrons. The molecule has 0 aliphatic heterocycles. The van der Waals surface area contributed by atoms with E-state index in [0.29, 0.717) is 12.6 Å². The SMILES string of the molecule is CC(C)n1cc(CN(C)C)c2ccc(CN)cc21. The second kappa shape index (κ2) is 5.12. The van der Waals surface area contributed by atoms with Gasteiger partial charge in [0.2, 0.25) is 0 Å². The summed E-state index contributed by atoms with van der Waals surface area (Å²) in [6, 6.07) is 7.02. The van der Waals surface area contributed by atoms with E-state index in [-0.39, 0.29) is 0 Å². The number of rotatable bonds is 4. The van der Waals surface area contributed by atoms with Crippen LogP contribution < -0.4 is 5.73 Å². The first-order chi connectivity index (χ1) is 8.52. The van der Waals surface area contributed by atoms with Gasteiger partial charge in [0.1, 0.15) is 0 Å². The summed E-state index contributed by atoms with van der Waals surface area (Å²) in [5.74, 6) is 0. The average Bonchev–Trinajstić information content (AvgIpc) is 2.66. The van der Waals surface area contributed by atoms with E-state index in [0.717, 1.165) is 6.54 Å². The van der Waals surface area contributed by atoms with Crippen molar-refractivity contribution in [2.45, 2.75) is 33.0 Å². The Morgan fingerprint density at radius 1 is 1.28 bits per heavy atom. The minimum Gasteiger partial charge on any atom is -0.345 e. The summed E-state index contributed by atoms with van der Waals surface area (Å²) in [6.07, 6.45) is 2.27. The fraction of sp³-hybridized carbons (Fsp3) is 0.467. The second-order valence-corrected chi connectivity index (χ2v) is 5.45. The summed E-state index contributed by atoms with van der Waals surface area (Å²) in [5.41, 5.74) is 9.61. The Balaban J connectivity index is 2.60. The van der Waals surface area contributed by atoms with Crippen LogP contribution in [0.5, 0.6) is 0 Å². The molecule has 0 spiro atoms. The predicted molar refractivity (Wildman–Crippen MR) is 77.6 cm³/mol. The lowest BCUT2D eigenvalue weighted by molar-refractivity contribution is 0.403. The van der Waals surface area contributed by atoms with Crippen molar-refractivity contribution >= 4 is 10.9 Å². The molecule has 98 valence electrons. The molecule has 0 amide bonds. The van der Waals surface area contributed by atoms with E-state index in [1.54, 1.807) is 0 Å². The molecule has 18 heavy (non-hydrogen) atoms. The van der Waals surface area contributed by atoms with Crippen molar-refractivity contribution < 1.29 is 0 Å². The molecular weight excluding hydrogens is 222 g/mol. The van der Waals surface area contributed by atoms with Gasteiger partial charge in [-0.05, 0) is 45.1 Å². The fourth-order valence-electron chi connectivity index (χ4n) is 2.39. The van der Waals surface area contributed by atoms with E-state index in [9.17, 15) is 0 Å². The third-order valence-corrected chi connectivity index (χ3v) is 3.26. The van der Waals surface area contributed by atoms with Crippen LogP contribution in [0.25, 0.3) is 10.9 Å². The molecule has 0 saturated carbocycles. The molecule has 1 aromatic carbocycles. The van der Waals surface area contributed by atoms with Crippen LogP contribution in [0.3, 0.4) is 0 Å². The van der Waals surface area contributed by atoms with Crippen molar-refractivity contribution in [2.24, 2.45) is 5.73 Å². The number of hydrogen-bond donors (Lipinski definition) is 1. The predicted octanol–water partition coefficient (Wildman–Crippen LogP) is 2.74. The lowest BCUT2D eigenvalue weighted by atomic mass is 10.1. The van der Waals surface area contributed by atoms with Crippen molar-refractivity contribution in [1.29, 1.82) is 0 Å². The maximum absolute atomic E-state index is 5.74. The Morgan fingerprint density at radius 2 is 2.00 bits per heavy atom. The lowest BCUT2D eigenvalue weighted by Gasteiger charge is -2.09. The van der Waals surface area contributed by atoms with E-state index < -0.39 is 0 Å². The molecule has 0 bridgehead atoms. The minimum absolute atomic E-state index is 0.469. The summed E-state index contributed by atoms with van der Waals surface area (Å²) in [4.78, 5) is 2.20. The third kappa shape index (κ3) is 2.42. The Morgan fingerprint density at radius 3 is 2.56 bits per heavy atom. The van der Waals surface area contributed by atoms with Crippen LogP contribution in [0, 0.1) is 0 Å². The Labute approximate surface area is 109 Å². The first-order valence-electron chi connectivity index (χ1n) is 6.50. The molecule has 0 saturated heterocycles. The fourth-order valence-corrected chi connectivity index (χ4v) is 2.39. The van der Waals surface area contributed by atoms with E-state index in [1.165, 1.54) is 22.0 Å². The zero-order valence-electron chi connectivity index (χ0n) is 11.8. The first kappa shape index (κ1) is 13.1. The highest BCUT2D eigenvalue weighted by Crippen LogP contribution is 2.26.